The second-order valence-corrected chi connectivity index (χ2v) is 11.4. The zero-order valence-corrected chi connectivity index (χ0v) is 23.9. The summed E-state index contributed by atoms with van der Waals surface area (Å²) in [5.74, 6) is -1.41. The van der Waals surface area contributed by atoms with Crippen LogP contribution in [0.2, 0.25) is 0 Å². The Kier molecular flexibility index (Phi) is 8.21. The Bertz CT molecular complexity index is 1460. The van der Waals surface area contributed by atoms with Crippen LogP contribution in [-0.2, 0) is 24.3 Å². The van der Waals surface area contributed by atoms with E-state index in [4.69, 9.17) is 9.84 Å². The Morgan fingerprint density at radius 3 is 2.35 bits per heavy atom. The Morgan fingerprint density at radius 2 is 1.73 bits per heavy atom. The lowest BCUT2D eigenvalue weighted by atomic mass is 9.82. The highest BCUT2D eigenvalue weighted by Crippen LogP contribution is 2.45. The molecule has 0 atom stereocenters. The number of carbonyl (C=O) groups excluding carboxylic acids is 1. The smallest absolute Gasteiger partial charge is 0.307 e. The van der Waals surface area contributed by atoms with Gasteiger partial charge >= 0.3 is 5.97 Å². The maximum absolute atomic E-state index is 15.1. The molecule has 0 radical (unpaired) electrons. The van der Waals surface area contributed by atoms with E-state index in [0.29, 0.717) is 59.7 Å². The number of fused-ring (bicyclic) bond motifs is 2. The summed E-state index contributed by atoms with van der Waals surface area (Å²) in [4.78, 5) is 27.1. The number of carboxylic acid groups (broad SMARTS) is 1. The lowest BCUT2D eigenvalue weighted by Gasteiger charge is -2.26. The molecule has 212 valence electrons. The third-order valence-electron chi connectivity index (χ3n) is 7.07. The number of aliphatic hydroxyl groups is 1. The number of nitrogens with zero attached hydrogens (tertiary/aromatic N) is 1. The number of amides is 1. The van der Waals surface area contributed by atoms with Gasteiger partial charge in [0.1, 0.15) is 6.61 Å². The first-order valence-corrected chi connectivity index (χ1v) is 13.4. The SMILES string of the molecule is CC(C)(C)O.Cc1c(-c2c(C)c3c(c(C)c2CC(=O)O)C(=O)N(Cc2ccccc2)C3)cc(F)c2c1NCCO2. The van der Waals surface area contributed by atoms with E-state index in [9.17, 15) is 14.7 Å². The van der Waals surface area contributed by atoms with Crippen molar-refractivity contribution in [2.24, 2.45) is 0 Å². The van der Waals surface area contributed by atoms with Gasteiger partial charge in [-0.1, -0.05) is 30.3 Å². The molecule has 7 nitrogen and oxygen atoms in total. The molecule has 0 saturated carbocycles. The normalized spacial score (nSPS) is 14.0. The van der Waals surface area contributed by atoms with Crippen molar-refractivity contribution >= 4 is 17.6 Å². The number of ether oxygens (including phenoxy) is 1. The maximum atomic E-state index is 15.1. The van der Waals surface area contributed by atoms with E-state index in [0.717, 1.165) is 22.3 Å². The van der Waals surface area contributed by atoms with Crippen molar-refractivity contribution in [2.45, 2.75) is 66.7 Å². The fourth-order valence-electron chi connectivity index (χ4n) is 5.37. The molecule has 40 heavy (non-hydrogen) atoms. The van der Waals surface area contributed by atoms with E-state index in [1.54, 1.807) is 32.6 Å². The van der Waals surface area contributed by atoms with Gasteiger partial charge < -0.3 is 25.2 Å². The van der Waals surface area contributed by atoms with Crippen molar-refractivity contribution in [2.75, 3.05) is 18.5 Å². The van der Waals surface area contributed by atoms with E-state index in [1.165, 1.54) is 6.07 Å². The van der Waals surface area contributed by atoms with Gasteiger partial charge in [-0.3, -0.25) is 9.59 Å². The molecule has 2 aliphatic heterocycles. The number of anilines is 1. The van der Waals surface area contributed by atoms with E-state index in [-0.39, 0.29) is 18.1 Å². The second kappa shape index (κ2) is 11.3. The number of carbonyl (C=O) groups is 2. The summed E-state index contributed by atoms with van der Waals surface area (Å²) in [7, 11) is 0. The van der Waals surface area contributed by atoms with Gasteiger partial charge in [0.15, 0.2) is 11.6 Å². The highest BCUT2D eigenvalue weighted by atomic mass is 19.1. The number of nitrogens with one attached hydrogen (secondary N) is 1. The van der Waals surface area contributed by atoms with Crippen molar-refractivity contribution in [3.05, 3.63) is 81.2 Å². The highest BCUT2D eigenvalue weighted by molar-refractivity contribution is 6.02. The molecule has 0 saturated heterocycles. The van der Waals surface area contributed by atoms with E-state index >= 15 is 4.39 Å². The van der Waals surface area contributed by atoms with Gasteiger partial charge in [-0.2, -0.15) is 0 Å². The average Bonchev–Trinajstić information content (AvgIpc) is 3.21. The number of carboxylic acids is 1. The molecule has 0 aromatic heterocycles. The Morgan fingerprint density at radius 1 is 1.07 bits per heavy atom. The second-order valence-electron chi connectivity index (χ2n) is 11.4. The molecule has 2 aliphatic rings. The minimum atomic E-state index is -1.00. The largest absolute Gasteiger partial charge is 0.486 e. The maximum Gasteiger partial charge on any atom is 0.307 e. The minimum absolute atomic E-state index is 0.106. The zero-order valence-electron chi connectivity index (χ0n) is 23.9. The van der Waals surface area contributed by atoms with Crippen LogP contribution in [0.3, 0.4) is 0 Å². The van der Waals surface area contributed by atoms with Gasteiger partial charge in [0.25, 0.3) is 5.91 Å². The first kappa shape index (κ1) is 29.1. The van der Waals surface area contributed by atoms with Crippen LogP contribution >= 0.6 is 0 Å². The number of hydrogen-bond donors (Lipinski definition) is 3. The first-order valence-electron chi connectivity index (χ1n) is 13.4. The Balaban J connectivity index is 0.000000681. The van der Waals surface area contributed by atoms with Gasteiger partial charge in [0.2, 0.25) is 0 Å². The quantitative estimate of drug-likeness (QED) is 0.374. The molecule has 1 amide bonds. The monoisotopic (exact) mass is 548 g/mol. The van der Waals surface area contributed by atoms with Gasteiger partial charge in [0.05, 0.1) is 17.7 Å². The molecule has 0 unspecified atom stereocenters. The summed E-state index contributed by atoms with van der Waals surface area (Å²) < 4.78 is 20.7. The van der Waals surface area contributed by atoms with Crippen molar-refractivity contribution in [3.63, 3.8) is 0 Å². The Hall–Kier alpha value is -3.91. The van der Waals surface area contributed by atoms with Crippen LogP contribution in [0.4, 0.5) is 10.1 Å². The van der Waals surface area contributed by atoms with Crippen LogP contribution in [0.25, 0.3) is 11.1 Å². The number of aliphatic carboxylic acids is 1. The van der Waals surface area contributed by atoms with E-state index < -0.39 is 17.4 Å². The standard InChI is InChI=1S/C28H27FN2O4.C4H10O/c1-15-20(12-23(32)33)24(19-11-22(29)27-26(17(19)3)30-9-10-35-27)16(2)21-14-31(28(34)25(15)21)13-18-7-5-4-6-8-18;1-4(2,3)5/h4-8,11,30H,9-10,12-14H2,1-3H3,(H,32,33);5H,1-3H3. The first-order chi connectivity index (χ1) is 18.8. The van der Waals surface area contributed by atoms with Crippen LogP contribution in [0.15, 0.2) is 36.4 Å². The van der Waals surface area contributed by atoms with Gasteiger partial charge in [0, 0.05) is 25.2 Å². The van der Waals surface area contributed by atoms with Gasteiger partial charge in [-0.05, 0) is 92.1 Å². The van der Waals surface area contributed by atoms with Crippen LogP contribution in [0.5, 0.6) is 5.75 Å². The van der Waals surface area contributed by atoms with Crippen molar-refractivity contribution in [1.82, 2.24) is 4.90 Å². The molecule has 3 aromatic carbocycles. The van der Waals surface area contributed by atoms with Gasteiger partial charge in [-0.25, -0.2) is 4.39 Å². The van der Waals surface area contributed by atoms with Crippen molar-refractivity contribution in [1.29, 1.82) is 0 Å². The fraction of sp³-hybridized carbons (Fsp3) is 0.375. The number of hydrogen-bond acceptors (Lipinski definition) is 5. The van der Waals surface area contributed by atoms with Crippen LogP contribution in [0, 0.1) is 26.6 Å². The topological polar surface area (TPSA) is 99.1 Å². The summed E-state index contributed by atoms with van der Waals surface area (Å²) in [6.45, 7) is 12.6. The third kappa shape index (κ3) is 5.97. The van der Waals surface area contributed by atoms with Crippen molar-refractivity contribution in [3.8, 4) is 16.9 Å². The minimum Gasteiger partial charge on any atom is -0.486 e. The van der Waals surface area contributed by atoms with Gasteiger partial charge in [-0.15, -0.1) is 0 Å². The number of rotatable bonds is 5. The highest BCUT2D eigenvalue weighted by Gasteiger charge is 2.35. The molecule has 2 heterocycles. The third-order valence-corrected chi connectivity index (χ3v) is 7.07. The van der Waals surface area contributed by atoms with Crippen molar-refractivity contribution < 1.29 is 28.9 Å². The van der Waals surface area contributed by atoms with E-state index in [1.807, 2.05) is 44.2 Å². The predicted octanol–water partition coefficient (Wildman–Crippen LogP) is 5.78. The molecule has 0 aliphatic carbocycles. The number of halogens is 1. The molecular formula is C32H37FN2O5. The molecular weight excluding hydrogens is 511 g/mol. The molecule has 8 heteroatoms. The zero-order chi connectivity index (χ0) is 29.4. The molecule has 0 bridgehead atoms. The van der Waals surface area contributed by atoms with Crippen LogP contribution in [0.1, 0.15) is 64.5 Å². The molecule has 5 rings (SSSR count). The van der Waals surface area contributed by atoms with Crippen LogP contribution in [-0.4, -0.2) is 45.7 Å². The lowest BCUT2D eigenvalue weighted by Crippen LogP contribution is -2.23. The average molecular weight is 549 g/mol. The summed E-state index contributed by atoms with van der Waals surface area (Å²) in [6.07, 6.45) is -0.261. The molecule has 0 fully saturated rings. The van der Waals surface area contributed by atoms with Crippen LogP contribution < -0.4 is 10.1 Å². The molecule has 3 aromatic rings. The fourth-order valence-corrected chi connectivity index (χ4v) is 5.37. The summed E-state index contributed by atoms with van der Waals surface area (Å²) in [5.41, 5.74) is 6.64. The predicted molar refractivity (Wildman–Crippen MR) is 153 cm³/mol. The summed E-state index contributed by atoms with van der Waals surface area (Å²) in [6, 6.07) is 11.2. The molecule has 0 spiro atoms. The summed E-state index contributed by atoms with van der Waals surface area (Å²) >= 11 is 0. The summed E-state index contributed by atoms with van der Waals surface area (Å²) in [5, 5.41) is 21.5. The number of benzene rings is 3. The lowest BCUT2D eigenvalue weighted by molar-refractivity contribution is -0.136. The van der Waals surface area contributed by atoms with E-state index in [2.05, 4.69) is 5.32 Å². The Labute approximate surface area is 234 Å². The molecule has 3 N–H and O–H groups in total.